The number of nitrogens with zero attached hydrogens (tertiary/aromatic N) is 1. The second-order valence-corrected chi connectivity index (χ2v) is 4.92. The molecule has 0 spiro atoms. The van der Waals surface area contributed by atoms with E-state index in [1.54, 1.807) is 12.1 Å². The third-order valence-electron chi connectivity index (χ3n) is 2.82. The van der Waals surface area contributed by atoms with E-state index < -0.39 is 11.7 Å². The minimum absolute atomic E-state index is 0.133. The Morgan fingerprint density at radius 3 is 2.81 bits per heavy atom. The Morgan fingerprint density at radius 1 is 1.38 bits per heavy atom. The van der Waals surface area contributed by atoms with Gasteiger partial charge in [0.2, 0.25) is 0 Å². The number of halogens is 2. The molecular formula is C15H15ClFN3O. The molecule has 0 aliphatic rings. The van der Waals surface area contributed by atoms with Crippen molar-refractivity contribution in [3.05, 3.63) is 52.4 Å². The Kier molecular flexibility index (Phi) is 4.75. The van der Waals surface area contributed by atoms with Gasteiger partial charge < -0.3 is 10.6 Å². The van der Waals surface area contributed by atoms with Crippen LogP contribution in [0.2, 0.25) is 5.02 Å². The van der Waals surface area contributed by atoms with Crippen LogP contribution in [0.3, 0.4) is 0 Å². The average molecular weight is 308 g/mol. The van der Waals surface area contributed by atoms with Gasteiger partial charge in [-0.2, -0.15) is 0 Å². The summed E-state index contributed by atoms with van der Waals surface area (Å²) in [5.41, 5.74) is 1.59. The highest BCUT2D eigenvalue weighted by Crippen LogP contribution is 2.24. The molecule has 110 valence electrons. The van der Waals surface area contributed by atoms with Gasteiger partial charge in [-0.25, -0.2) is 9.37 Å². The number of hydrogen-bond donors (Lipinski definition) is 2. The number of aryl methyl sites for hydroxylation is 1. The van der Waals surface area contributed by atoms with Crippen LogP contribution in [-0.4, -0.2) is 17.4 Å². The zero-order chi connectivity index (χ0) is 15.4. The molecule has 0 radical (unpaired) electrons. The predicted octanol–water partition coefficient (Wildman–Crippen LogP) is 3.87. The number of carbonyl (C=O) groups is 1. The van der Waals surface area contributed by atoms with Crippen molar-refractivity contribution in [2.24, 2.45) is 0 Å². The number of pyridine rings is 1. The van der Waals surface area contributed by atoms with Crippen molar-refractivity contribution in [3.8, 4) is 0 Å². The second-order valence-electron chi connectivity index (χ2n) is 4.52. The molecule has 0 aliphatic heterocycles. The summed E-state index contributed by atoms with van der Waals surface area (Å²) in [6, 6.07) is 6.42. The minimum Gasteiger partial charge on any atom is -0.370 e. The molecule has 1 amide bonds. The van der Waals surface area contributed by atoms with Crippen LogP contribution in [0.25, 0.3) is 0 Å². The summed E-state index contributed by atoms with van der Waals surface area (Å²) >= 11 is 6.07. The monoisotopic (exact) mass is 307 g/mol. The number of anilines is 2. The largest absolute Gasteiger partial charge is 0.370 e. The number of benzene rings is 1. The molecule has 4 nitrogen and oxygen atoms in total. The Labute approximate surface area is 127 Å². The van der Waals surface area contributed by atoms with Crippen LogP contribution in [0.4, 0.5) is 15.9 Å². The SMILES string of the molecule is CCNc1ncc(F)cc1C(=O)Nc1ccc(C)cc1Cl. The van der Waals surface area contributed by atoms with Crippen LogP contribution in [-0.2, 0) is 0 Å². The Hall–Kier alpha value is -2.14. The van der Waals surface area contributed by atoms with E-state index in [-0.39, 0.29) is 5.56 Å². The number of nitrogens with one attached hydrogen (secondary N) is 2. The quantitative estimate of drug-likeness (QED) is 0.901. The van der Waals surface area contributed by atoms with Crippen molar-refractivity contribution in [2.75, 3.05) is 17.2 Å². The lowest BCUT2D eigenvalue weighted by atomic mass is 10.2. The molecule has 0 saturated heterocycles. The Bertz CT molecular complexity index is 676. The van der Waals surface area contributed by atoms with Gasteiger partial charge in [0.25, 0.3) is 5.91 Å². The standard InChI is InChI=1S/C15H15ClFN3O/c1-3-18-14-11(7-10(17)8-19-14)15(21)20-13-5-4-9(2)6-12(13)16/h4-8H,3H2,1-2H3,(H,18,19)(H,20,21). The molecule has 21 heavy (non-hydrogen) atoms. The van der Waals surface area contributed by atoms with Crippen molar-refractivity contribution in [1.29, 1.82) is 0 Å². The third-order valence-corrected chi connectivity index (χ3v) is 3.13. The summed E-state index contributed by atoms with van der Waals surface area (Å²) in [6.45, 7) is 4.34. The van der Waals surface area contributed by atoms with E-state index in [0.29, 0.717) is 23.1 Å². The minimum atomic E-state index is -0.572. The summed E-state index contributed by atoms with van der Waals surface area (Å²) in [7, 11) is 0. The highest BCUT2D eigenvalue weighted by molar-refractivity contribution is 6.34. The van der Waals surface area contributed by atoms with Crippen molar-refractivity contribution >= 4 is 29.0 Å². The van der Waals surface area contributed by atoms with Gasteiger partial charge >= 0.3 is 0 Å². The number of rotatable bonds is 4. The first-order valence-electron chi connectivity index (χ1n) is 6.48. The summed E-state index contributed by atoms with van der Waals surface area (Å²) in [6.07, 6.45) is 1.06. The van der Waals surface area contributed by atoms with E-state index in [4.69, 9.17) is 11.6 Å². The summed E-state index contributed by atoms with van der Waals surface area (Å²) in [4.78, 5) is 16.2. The molecular weight excluding hydrogens is 293 g/mol. The molecule has 0 fully saturated rings. The smallest absolute Gasteiger partial charge is 0.259 e. The zero-order valence-corrected chi connectivity index (χ0v) is 12.5. The van der Waals surface area contributed by atoms with Gasteiger partial charge in [0.05, 0.1) is 22.5 Å². The van der Waals surface area contributed by atoms with Gasteiger partial charge in [-0.1, -0.05) is 17.7 Å². The first kappa shape index (κ1) is 15.3. The van der Waals surface area contributed by atoms with Crippen LogP contribution in [0, 0.1) is 12.7 Å². The average Bonchev–Trinajstić information content (AvgIpc) is 2.44. The van der Waals surface area contributed by atoms with Gasteiger partial charge in [0.15, 0.2) is 0 Å². The molecule has 1 heterocycles. The topological polar surface area (TPSA) is 54.0 Å². The summed E-state index contributed by atoms with van der Waals surface area (Å²) in [5.74, 6) is -0.708. The molecule has 0 aliphatic carbocycles. The molecule has 2 aromatic rings. The number of hydrogen-bond acceptors (Lipinski definition) is 3. The lowest BCUT2D eigenvalue weighted by Gasteiger charge is -2.11. The van der Waals surface area contributed by atoms with Gasteiger partial charge in [-0.05, 0) is 37.6 Å². The lowest BCUT2D eigenvalue weighted by molar-refractivity contribution is 0.102. The number of aromatic nitrogens is 1. The van der Waals surface area contributed by atoms with Crippen LogP contribution in [0.15, 0.2) is 30.5 Å². The fraction of sp³-hybridized carbons (Fsp3) is 0.200. The first-order valence-corrected chi connectivity index (χ1v) is 6.86. The van der Waals surface area contributed by atoms with E-state index in [1.165, 1.54) is 0 Å². The molecule has 0 atom stereocenters. The predicted molar refractivity (Wildman–Crippen MR) is 82.5 cm³/mol. The van der Waals surface area contributed by atoms with E-state index in [1.807, 2.05) is 19.9 Å². The van der Waals surface area contributed by atoms with E-state index in [9.17, 15) is 9.18 Å². The number of carbonyl (C=O) groups excluding carboxylic acids is 1. The maximum Gasteiger partial charge on any atom is 0.259 e. The highest BCUT2D eigenvalue weighted by Gasteiger charge is 2.15. The zero-order valence-electron chi connectivity index (χ0n) is 11.7. The van der Waals surface area contributed by atoms with Gasteiger partial charge in [0, 0.05) is 6.54 Å². The summed E-state index contributed by atoms with van der Waals surface area (Å²) < 4.78 is 13.3. The fourth-order valence-corrected chi connectivity index (χ4v) is 2.11. The third kappa shape index (κ3) is 3.70. The molecule has 1 aromatic heterocycles. The maximum absolute atomic E-state index is 13.3. The van der Waals surface area contributed by atoms with Crippen LogP contribution in [0.5, 0.6) is 0 Å². The van der Waals surface area contributed by atoms with Crippen molar-refractivity contribution < 1.29 is 9.18 Å². The van der Waals surface area contributed by atoms with E-state index in [2.05, 4.69) is 15.6 Å². The molecule has 0 unspecified atom stereocenters. The molecule has 0 bridgehead atoms. The molecule has 6 heteroatoms. The molecule has 0 saturated carbocycles. The van der Waals surface area contributed by atoms with Crippen molar-refractivity contribution in [3.63, 3.8) is 0 Å². The number of amides is 1. The van der Waals surface area contributed by atoms with Crippen molar-refractivity contribution in [1.82, 2.24) is 4.98 Å². The normalized spacial score (nSPS) is 10.3. The summed E-state index contributed by atoms with van der Waals surface area (Å²) in [5, 5.41) is 6.01. The van der Waals surface area contributed by atoms with Gasteiger partial charge in [-0.3, -0.25) is 4.79 Å². The van der Waals surface area contributed by atoms with Crippen LogP contribution in [0.1, 0.15) is 22.8 Å². The van der Waals surface area contributed by atoms with E-state index in [0.717, 1.165) is 17.8 Å². The van der Waals surface area contributed by atoms with Crippen LogP contribution >= 0.6 is 11.6 Å². The molecule has 1 aromatic carbocycles. The second kappa shape index (κ2) is 6.54. The van der Waals surface area contributed by atoms with E-state index >= 15 is 0 Å². The fourth-order valence-electron chi connectivity index (χ4n) is 1.83. The Morgan fingerprint density at radius 2 is 2.14 bits per heavy atom. The Balaban J connectivity index is 2.29. The van der Waals surface area contributed by atoms with Gasteiger partial charge in [0.1, 0.15) is 11.6 Å². The molecule has 2 rings (SSSR count). The first-order chi connectivity index (χ1) is 10.0. The van der Waals surface area contributed by atoms with Gasteiger partial charge in [-0.15, -0.1) is 0 Å². The molecule has 2 N–H and O–H groups in total. The van der Waals surface area contributed by atoms with Crippen LogP contribution < -0.4 is 10.6 Å². The lowest BCUT2D eigenvalue weighted by Crippen LogP contribution is -2.16. The maximum atomic E-state index is 13.3. The van der Waals surface area contributed by atoms with Crippen molar-refractivity contribution in [2.45, 2.75) is 13.8 Å². The highest BCUT2D eigenvalue weighted by atomic mass is 35.5.